The Morgan fingerprint density at radius 3 is 2.56 bits per heavy atom. The second-order valence-electron chi connectivity index (χ2n) is 8.10. The number of ether oxygens (including phenoxy) is 3. The van der Waals surface area contributed by atoms with Crippen LogP contribution in [-0.2, 0) is 21.1 Å². The summed E-state index contributed by atoms with van der Waals surface area (Å²) < 4.78 is 56.1. The maximum absolute atomic E-state index is 13.2. The smallest absolute Gasteiger partial charge is 0.418 e. The lowest BCUT2D eigenvalue weighted by Gasteiger charge is -2.38. The number of fused-ring (bicyclic) bond motifs is 1. The van der Waals surface area contributed by atoms with Crippen LogP contribution in [0.3, 0.4) is 0 Å². The molecule has 0 aromatic heterocycles. The number of nitrogens with one attached hydrogen (secondary N) is 2. The molecule has 4 rings (SSSR count). The molecule has 1 atom stereocenters. The Balaban J connectivity index is 1.46. The van der Waals surface area contributed by atoms with Crippen molar-refractivity contribution in [2.24, 2.45) is 0 Å². The summed E-state index contributed by atoms with van der Waals surface area (Å²) in [7, 11) is 0. The average Bonchev–Trinajstić information content (AvgIpc) is 3.26. The molecule has 1 fully saturated rings. The zero-order valence-electron chi connectivity index (χ0n) is 17.6. The molecule has 172 valence electrons. The first-order valence-corrected chi connectivity index (χ1v) is 10.5. The van der Waals surface area contributed by atoms with Gasteiger partial charge in [0.05, 0.1) is 17.3 Å². The first kappa shape index (κ1) is 22.4. The molecule has 2 N–H and O–H groups in total. The van der Waals surface area contributed by atoms with Crippen LogP contribution < -0.4 is 20.1 Å². The minimum atomic E-state index is -4.55. The fourth-order valence-electron chi connectivity index (χ4n) is 4.08. The Labute approximate surface area is 184 Å². The summed E-state index contributed by atoms with van der Waals surface area (Å²) in [5, 5.41) is 5.62. The van der Waals surface area contributed by atoms with Gasteiger partial charge >= 0.3 is 6.18 Å². The number of carbonyl (C=O) groups excluding carboxylic acids is 1. The SMILES string of the molecule is CC(NCC1(c2ccc3c(c2)OCO3)CCOCC1)C(=O)Nc1ccccc1C(F)(F)F. The third kappa shape index (κ3) is 4.68. The van der Waals surface area contributed by atoms with Crippen LogP contribution in [0.25, 0.3) is 0 Å². The Hall–Kier alpha value is -2.78. The van der Waals surface area contributed by atoms with E-state index in [4.69, 9.17) is 14.2 Å². The molecule has 2 aliphatic rings. The predicted molar refractivity (Wildman–Crippen MR) is 112 cm³/mol. The van der Waals surface area contributed by atoms with E-state index in [2.05, 4.69) is 10.6 Å². The summed E-state index contributed by atoms with van der Waals surface area (Å²) in [6, 6.07) is 10.1. The van der Waals surface area contributed by atoms with E-state index in [0.29, 0.717) is 31.3 Å². The lowest BCUT2D eigenvalue weighted by molar-refractivity contribution is -0.137. The largest absolute Gasteiger partial charge is 0.454 e. The van der Waals surface area contributed by atoms with Crippen molar-refractivity contribution in [1.29, 1.82) is 0 Å². The van der Waals surface area contributed by atoms with Crippen molar-refractivity contribution in [1.82, 2.24) is 5.32 Å². The second-order valence-corrected chi connectivity index (χ2v) is 8.10. The summed E-state index contributed by atoms with van der Waals surface area (Å²) in [5.74, 6) is 0.845. The van der Waals surface area contributed by atoms with Crippen molar-refractivity contribution in [3.63, 3.8) is 0 Å². The molecule has 2 aliphatic heterocycles. The van der Waals surface area contributed by atoms with Gasteiger partial charge in [0, 0.05) is 25.2 Å². The van der Waals surface area contributed by atoms with Gasteiger partial charge in [-0.2, -0.15) is 13.2 Å². The van der Waals surface area contributed by atoms with Gasteiger partial charge in [-0.05, 0) is 49.6 Å². The quantitative estimate of drug-likeness (QED) is 0.694. The van der Waals surface area contributed by atoms with E-state index in [1.54, 1.807) is 6.92 Å². The minimum absolute atomic E-state index is 0.184. The van der Waals surface area contributed by atoms with Crippen LogP contribution in [0.15, 0.2) is 42.5 Å². The maximum atomic E-state index is 13.2. The average molecular weight is 450 g/mol. The first-order chi connectivity index (χ1) is 15.3. The summed E-state index contributed by atoms with van der Waals surface area (Å²) in [4.78, 5) is 12.7. The van der Waals surface area contributed by atoms with Crippen LogP contribution in [0, 0.1) is 0 Å². The predicted octanol–water partition coefficient (Wildman–Crippen LogP) is 4.10. The van der Waals surface area contributed by atoms with Crippen LogP contribution in [0.1, 0.15) is 30.9 Å². The molecule has 6 nitrogen and oxygen atoms in total. The number of rotatable bonds is 6. The van der Waals surface area contributed by atoms with Crippen molar-refractivity contribution in [3.8, 4) is 11.5 Å². The van der Waals surface area contributed by atoms with Crippen LogP contribution in [-0.4, -0.2) is 38.5 Å². The maximum Gasteiger partial charge on any atom is 0.418 e. The monoisotopic (exact) mass is 450 g/mol. The molecular weight excluding hydrogens is 425 g/mol. The summed E-state index contributed by atoms with van der Waals surface area (Å²) in [6.07, 6.45) is -3.07. The van der Waals surface area contributed by atoms with Gasteiger partial charge in [0.15, 0.2) is 11.5 Å². The van der Waals surface area contributed by atoms with Crippen molar-refractivity contribution in [2.75, 3.05) is 31.9 Å². The molecule has 32 heavy (non-hydrogen) atoms. The molecule has 0 aliphatic carbocycles. The Kier molecular flexibility index (Phi) is 6.30. The van der Waals surface area contributed by atoms with Gasteiger partial charge in [-0.15, -0.1) is 0 Å². The summed E-state index contributed by atoms with van der Waals surface area (Å²) in [6.45, 7) is 3.44. The highest BCUT2D eigenvalue weighted by Gasteiger charge is 2.37. The van der Waals surface area contributed by atoms with E-state index in [0.717, 1.165) is 24.5 Å². The molecular formula is C23H25F3N2O4. The number of hydrogen-bond donors (Lipinski definition) is 2. The summed E-state index contributed by atoms with van der Waals surface area (Å²) >= 11 is 0. The van der Waals surface area contributed by atoms with Crippen molar-refractivity contribution in [3.05, 3.63) is 53.6 Å². The number of amides is 1. The van der Waals surface area contributed by atoms with Crippen molar-refractivity contribution in [2.45, 2.75) is 37.4 Å². The van der Waals surface area contributed by atoms with E-state index >= 15 is 0 Å². The molecule has 1 amide bonds. The van der Waals surface area contributed by atoms with Gasteiger partial charge in [-0.1, -0.05) is 18.2 Å². The second kappa shape index (κ2) is 8.99. The Morgan fingerprint density at radius 1 is 1.09 bits per heavy atom. The number of benzene rings is 2. The third-order valence-electron chi connectivity index (χ3n) is 6.07. The molecule has 1 saturated heterocycles. The van der Waals surface area contributed by atoms with Gasteiger partial charge in [0.1, 0.15) is 0 Å². The number of para-hydroxylation sites is 1. The Morgan fingerprint density at radius 2 is 1.81 bits per heavy atom. The number of alkyl halides is 3. The standard InChI is InChI=1S/C23H25F3N2O4/c1-15(21(29)28-18-5-3-2-4-17(18)23(24,25)26)27-13-22(8-10-30-11-9-22)16-6-7-19-20(12-16)32-14-31-19/h2-7,12,15,27H,8-11,13-14H2,1H3,(H,28,29). The van der Waals surface area contributed by atoms with E-state index in [9.17, 15) is 18.0 Å². The fourth-order valence-corrected chi connectivity index (χ4v) is 4.08. The van der Waals surface area contributed by atoms with Crippen molar-refractivity contribution >= 4 is 11.6 Å². The van der Waals surface area contributed by atoms with E-state index < -0.39 is 23.7 Å². The van der Waals surface area contributed by atoms with Crippen molar-refractivity contribution < 1.29 is 32.2 Å². The van der Waals surface area contributed by atoms with Crippen LogP contribution >= 0.6 is 0 Å². The van der Waals surface area contributed by atoms with Gasteiger partial charge in [-0.3, -0.25) is 4.79 Å². The molecule has 1 unspecified atom stereocenters. The molecule has 0 saturated carbocycles. The Bertz CT molecular complexity index is 974. The zero-order valence-corrected chi connectivity index (χ0v) is 17.6. The van der Waals surface area contributed by atoms with Gasteiger partial charge < -0.3 is 24.8 Å². The highest BCUT2D eigenvalue weighted by molar-refractivity contribution is 5.95. The van der Waals surface area contributed by atoms with E-state index in [1.807, 2.05) is 18.2 Å². The molecule has 0 bridgehead atoms. The first-order valence-electron chi connectivity index (χ1n) is 10.5. The topological polar surface area (TPSA) is 68.8 Å². The van der Waals surface area contributed by atoms with E-state index in [1.165, 1.54) is 18.2 Å². The summed E-state index contributed by atoms with van der Waals surface area (Å²) in [5.41, 5.74) is -0.373. The highest BCUT2D eigenvalue weighted by Crippen LogP contribution is 2.40. The number of anilines is 1. The van der Waals surface area contributed by atoms with Crippen LogP contribution in [0.2, 0.25) is 0 Å². The zero-order chi connectivity index (χ0) is 22.8. The molecule has 9 heteroatoms. The molecule has 0 spiro atoms. The van der Waals surface area contributed by atoms with Crippen LogP contribution in [0.5, 0.6) is 11.5 Å². The lowest BCUT2D eigenvalue weighted by atomic mass is 9.74. The minimum Gasteiger partial charge on any atom is -0.454 e. The molecule has 2 heterocycles. The van der Waals surface area contributed by atoms with Crippen LogP contribution in [0.4, 0.5) is 18.9 Å². The molecule has 2 aromatic carbocycles. The molecule has 2 aromatic rings. The number of hydrogen-bond acceptors (Lipinski definition) is 5. The number of halogens is 3. The van der Waals surface area contributed by atoms with Gasteiger partial charge in [-0.25, -0.2) is 0 Å². The van der Waals surface area contributed by atoms with Gasteiger partial charge in [0.25, 0.3) is 0 Å². The number of carbonyl (C=O) groups is 1. The van der Waals surface area contributed by atoms with Gasteiger partial charge in [0.2, 0.25) is 12.7 Å². The lowest BCUT2D eigenvalue weighted by Crippen LogP contribution is -2.48. The normalized spacial score (nSPS) is 18.2. The van der Waals surface area contributed by atoms with E-state index in [-0.39, 0.29) is 17.9 Å². The third-order valence-corrected chi connectivity index (χ3v) is 6.07. The molecule has 0 radical (unpaired) electrons. The highest BCUT2D eigenvalue weighted by atomic mass is 19.4. The fraction of sp³-hybridized carbons (Fsp3) is 0.435.